The van der Waals surface area contributed by atoms with Gasteiger partial charge in [-0.1, -0.05) is 11.6 Å². The molecular formula is C14H20ClNO2. The van der Waals surface area contributed by atoms with Gasteiger partial charge in [0.1, 0.15) is 5.75 Å². The average Bonchev–Trinajstić information content (AvgIpc) is 3.18. The molecule has 0 spiro atoms. The van der Waals surface area contributed by atoms with Crippen molar-refractivity contribution in [3.63, 3.8) is 0 Å². The number of hydrogen-bond donors (Lipinski definition) is 1. The summed E-state index contributed by atoms with van der Waals surface area (Å²) in [5.41, 5.74) is 1.10. The van der Waals surface area contributed by atoms with Gasteiger partial charge in [-0.2, -0.15) is 0 Å². The van der Waals surface area contributed by atoms with Crippen molar-refractivity contribution in [2.75, 3.05) is 26.9 Å². The van der Waals surface area contributed by atoms with Crippen LogP contribution in [0.2, 0.25) is 5.02 Å². The third-order valence-electron chi connectivity index (χ3n) is 3.01. The van der Waals surface area contributed by atoms with E-state index in [1.807, 2.05) is 18.2 Å². The van der Waals surface area contributed by atoms with Crippen molar-refractivity contribution in [1.29, 1.82) is 0 Å². The summed E-state index contributed by atoms with van der Waals surface area (Å²) in [6.45, 7) is 2.40. The molecular weight excluding hydrogens is 250 g/mol. The highest BCUT2D eigenvalue weighted by Gasteiger charge is 2.19. The third-order valence-corrected chi connectivity index (χ3v) is 3.25. The first-order chi connectivity index (χ1) is 8.79. The van der Waals surface area contributed by atoms with Crippen LogP contribution in [0.15, 0.2) is 18.2 Å². The third kappa shape index (κ3) is 4.48. The van der Waals surface area contributed by atoms with Gasteiger partial charge in [0.25, 0.3) is 0 Å². The molecule has 0 unspecified atom stereocenters. The van der Waals surface area contributed by atoms with Crippen molar-refractivity contribution in [2.45, 2.75) is 25.3 Å². The van der Waals surface area contributed by atoms with E-state index in [0.717, 1.165) is 41.9 Å². The van der Waals surface area contributed by atoms with Crippen molar-refractivity contribution in [2.24, 2.45) is 0 Å². The summed E-state index contributed by atoms with van der Waals surface area (Å²) in [7, 11) is 1.67. The van der Waals surface area contributed by atoms with Gasteiger partial charge in [-0.05, 0) is 43.0 Å². The predicted molar refractivity (Wildman–Crippen MR) is 73.6 cm³/mol. The fourth-order valence-electron chi connectivity index (χ4n) is 1.85. The fraction of sp³-hybridized carbons (Fsp3) is 0.571. The second-order valence-electron chi connectivity index (χ2n) is 4.55. The first-order valence-electron chi connectivity index (χ1n) is 6.43. The smallest absolute Gasteiger partial charge is 0.122 e. The van der Waals surface area contributed by atoms with Gasteiger partial charge in [0.2, 0.25) is 0 Å². The summed E-state index contributed by atoms with van der Waals surface area (Å²) in [5, 5.41) is 4.15. The van der Waals surface area contributed by atoms with Crippen molar-refractivity contribution < 1.29 is 9.47 Å². The van der Waals surface area contributed by atoms with Crippen molar-refractivity contribution >= 4 is 11.6 Å². The molecule has 4 heteroatoms. The van der Waals surface area contributed by atoms with E-state index in [1.165, 1.54) is 12.8 Å². The number of halogens is 1. The molecule has 1 saturated carbocycles. The molecule has 0 atom stereocenters. The molecule has 1 N–H and O–H groups in total. The Balaban J connectivity index is 1.66. The molecule has 1 aliphatic carbocycles. The van der Waals surface area contributed by atoms with E-state index in [0.29, 0.717) is 6.61 Å². The Morgan fingerprint density at radius 2 is 2.17 bits per heavy atom. The van der Waals surface area contributed by atoms with E-state index in [4.69, 9.17) is 21.1 Å². The molecule has 0 bridgehead atoms. The van der Waals surface area contributed by atoms with Crippen LogP contribution in [-0.4, -0.2) is 32.9 Å². The Labute approximate surface area is 113 Å². The quantitative estimate of drug-likeness (QED) is 0.736. The summed E-state index contributed by atoms with van der Waals surface area (Å²) in [5.74, 6) is 0.874. The van der Waals surface area contributed by atoms with E-state index < -0.39 is 0 Å². The van der Waals surface area contributed by atoms with Crippen molar-refractivity contribution in [1.82, 2.24) is 5.32 Å². The van der Waals surface area contributed by atoms with E-state index in [9.17, 15) is 0 Å². The van der Waals surface area contributed by atoms with Crippen LogP contribution in [0.3, 0.4) is 0 Å². The molecule has 18 heavy (non-hydrogen) atoms. The zero-order valence-electron chi connectivity index (χ0n) is 10.7. The van der Waals surface area contributed by atoms with Gasteiger partial charge < -0.3 is 14.8 Å². The van der Waals surface area contributed by atoms with E-state index in [2.05, 4.69) is 5.32 Å². The molecule has 0 aromatic heterocycles. The zero-order chi connectivity index (χ0) is 12.8. The number of rotatable bonds is 8. The Hall–Kier alpha value is -0.770. The normalized spacial score (nSPS) is 14.8. The molecule has 0 aliphatic heterocycles. The number of methoxy groups -OCH3 is 1. The van der Waals surface area contributed by atoms with Crippen LogP contribution >= 0.6 is 11.6 Å². The Morgan fingerprint density at radius 1 is 1.33 bits per heavy atom. The molecule has 1 aromatic rings. The number of nitrogens with one attached hydrogen (secondary N) is 1. The Morgan fingerprint density at radius 3 is 2.89 bits per heavy atom. The van der Waals surface area contributed by atoms with E-state index in [-0.39, 0.29) is 0 Å². The topological polar surface area (TPSA) is 30.5 Å². The number of ether oxygens (including phenoxy) is 2. The van der Waals surface area contributed by atoms with Crippen LogP contribution in [-0.2, 0) is 11.2 Å². The molecule has 0 radical (unpaired) electrons. The Kier molecular flexibility index (Phi) is 5.29. The second-order valence-corrected chi connectivity index (χ2v) is 4.98. The molecule has 0 heterocycles. The van der Waals surface area contributed by atoms with Crippen LogP contribution in [0.25, 0.3) is 0 Å². The van der Waals surface area contributed by atoms with Crippen molar-refractivity contribution in [3.8, 4) is 5.75 Å². The van der Waals surface area contributed by atoms with Crippen LogP contribution in [0.5, 0.6) is 5.75 Å². The lowest BCUT2D eigenvalue weighted by Gasteiger charge is -2.09. The van der Waals surface area contributed by atoms with Gasteiger partial charge in [-0.15, -0.1) is 0 Å². The summed E-state index contributed by atoms with van der Waals surface area (Å²) in [6, 6.07) is 6.42. The second kappa shape index (κ2) is 6.98. The highest BCUT2D eigenvalue weighted by molar-refractivity contribution is 6.30. The van der Waals surface area contributed by atoms with Crippen LogP contribution in [0.1, 0.15) is 18.4 Å². The standard InChI is InChI=1S/C14H20ClNO2/c1-17-14-5-2-12(15)10-11(14)6-8-18-9-7-16-13-3-4-13/h2,5,10,13,16H,3-4,6-9H2,1H3. The minimum Gasteiger partial charge on any atom is -0.496 e. The molecule has 3 nitrogen and oxygen atoms in total. The molecule has 1 aliphatic rings. The maximum absolute atomic E-state index is 5.97. The van der Waals surface area contributed by atoms with Gasteiger partial charge in [0.05, 0.1) is 20.3 Å². The Bertz CT molecular complexity index is 380. The minimum absolute atomic E-state index is 0.697. The first-order valence-corrected chi connectivity index (χ1v) is 6.81. The molecule has 1 fully saturated rings. The lowest BCUT2D eigenvalue weighted by atomic mass is 10.1. The fourth-order valence-corrected chi connectivity index (χ4v) is 2.04. The number of hydrogen-bond acceptors (Lipinski definition) is 3. The zero-order valence-corrected chi connectivity index (χ0v) is 11.5. The highest BCUT2D eigenvalue weighted by Crippen LogP contribution is 2.23. The SMILES string of the molecule is COc1ccc(Cl)cc1CCOCCNC1CC1. The van der Waals surface area contributed by atoms with Crippen molar-refractivity contribution in [3.05, 3.63) is 28.8 Å². The number of benzene rings is 1. The maximum Gasteiger partial charge on any atom is 0.122 e. The largest absolute Gasteiger partial charge is 0.496 e. The van der Waals surface area contributed by atoms with Crippen LogP contribution < -0.4 is 10.1 Å². The molecule has 0 saturated heterocycles. The maximum atomic E-state index is 5.97. The van der Waals surface area contributed by atoms with E-state index >= 15 is 0 Å². The van der Waals surface area contributed by atoms with Crippen LogP contribution in [0.4, 0.5) is 0 Å². The summed E-state index contributed by atoms with van der Waals surface area (Å²) >= 11 is 5.97. The van der Waals surface area contributed by atoms with Gasteiger partial charge in [-0.3, -0.25) is 0 Å². The molecule has 2 rings (SSSR count). The predicted octanol–water partition coefficient (Wildman–Crippen LogP) is 2.66. The van der Waals surface area contributed by atoms with Crippen LogP contribution in [0, 0.1) is 0 Å². The van der Waals surface area contributed by atoms with Gasteiger partial charge in [-0.25, -0.2) is 0 Å². The molecule has 0 amide bonds. The van der Waals surface area contributed by atoms with E-state index in [1.54, 1.807) is 7.11 Å². The minimum atomic E-state index is 0.697. The summed E-state index contributed by atoms with van der Waals surface area (Å²) in [6.07, 6.45) is 3.46. The van der Waals surface area contributed by atoms with Gasteiger partial charge in [0, 0.05) is 17.6 Å². The lowest BCUT2D eigenvalue weighted by Crippen LogP contribution is -2.22. The first kappa shape index (κ1) is 13.7. The molecule has 1 aromatic carbocycles. The average molecular weight is 270 g/mol. The summed E-state index contributed by atoms with van der Waals surface area (Å²) < 4.78 is 10.9. The molecule has 100 valence electrons. The monoisotopic (exact) mass is 269 g/mol. The van der Waals surface area contributed by atoms with Gasteiger partial charge in [0.15, 0.2) is 0 Å². The summed E-state index contributed by atoms with van der Waals surface area (Å²) in [4.78, 5) is 0. The highest BCUT2D eigenvalue weighted by atomic mass is 35.5. The lowest BCUT2D eigenvalue weighted by molar-refractivity contribution is 0.138. The van der Waals surface area contributed by atoms with Gasteiger partial charge >= 0.3 is 0 Å².